The zero-order valence-corrected chi connectivity index (χ0v) is 16.2. The van der Waals surface area contributed by atoms with Crippen LogP contribution in [0.5, 0.6) is 0 Å². The first-order valence-electron chi connectivity index (χ1n) is 9.40. The molecule has 0 saturated heterocycles. The van der Waals surface area contributed by atoms with Gasteiger partial charge in [0.2, 0.25) is 5.91 Å². The Kier molecular flexibility index (Phi) is 5.74. The molecule has 0 radical (unpaired) electrons. The average molecular weight is 396 g/mol. The van der Waals surface area contributed by atoms with E-state index in [4.69, 9.17) is 21.4 Å². The number of ether oxygens (including phenoxy) is 1. The van der Waals surface area contributed by atoms with E-state index in [0.717, 1.165) is 24.2 Å². The number of hydrogen-bond donors (Lipinski definition) is 1. The van der Waals surface area contributed by atoms with Crippen molar-refractivity contribution >= 4 is 17.5 Å². The molecule has 0 aliphatic carbocycles. The number of rotatable bonds is 6. The standard InChI is InChI=1S/C22H22ClN3O2/c23-19-8-6-16(7-9-19)12-21(27)24-13-20-22-18(10-11-28-20)15-26(25-22)14-17-4-2-1-3-5-17/h1-9,15,20H,10-14H2,(H,24,27). The van der Waals surface area contributed by atoms with Crippen LogP contribution in [0.4, 0.5) is 0 Å². The summed E-state index contributed by atoms with van der Waals surface area (Å²) in [6, 6.07) is 17.6. The molecule has 0 fully saturated rings. The third kappa shape index (κ3) is 4.61. The predicted octanol–water partition coefficient (Wildman–Crippen LogP) is 3.56. The van der Waals surface area contributed by atoms with E-state index in [1.165, 1.54) is 11.1 Å². The molecule has 1 aromatic heterocycles. The molecule has 144 valence electrons. The minimum absolute atomic E-state index is 0.0400. The maximum Gasteiger partial charge on any atom is 0.224 e. The normalized spacial score (nSPS) is 15.8. The van der Waals surface area contributed by atoms with Gasteiger partial charge in [-0.25, -0.2) is 0 Å². The SMILES string of the molecule is O=C(Cc1ccc(Cl)cc1)NCC1OCCc2cn(Cc3ccccc3)nc21. The molecular weight excluding hydrogens is 374 g/mol. The zero-order chi connectivity index (χ0) is 19.3. The van der Waals surface area contributed by atoms with Gasteiger partial charge in [-0.1, -0.05) is 54.1 Å². The van der Waals surface area contributed by atoms with E-state index in [2.05, 4.69) is 23.6 Å². The molecule has 1 aliphatic rings. The molecule has 2 heterocycles. The molecule has 5 nitrogen and oxygen atoms in total. The molecule has 1 amide bonds. The van der Waals surface area contributed by atoms with Crippen LogP contribution in [0.1, 0.15) is 28.5 Å². The van der Waals surface area contributed by atoms with Crippen molar-refractivity contribution in [3.63, 3.8) is 0 Å². The van der Waals surface area contributed by atoms with Crippen molar-refractivity contribution in [2.75, 3.05) is 13.2 Å². The van der Waals surface area contributed by atoms with Gasteiger partial charge in [0.05, 0.1) is 25.3 Å². The number of halogens is 1. The highest BCUT2D eigenvalue weighted by molar-refractivity contribution is 6.30. The number of fused-ring (bicyclic) bond motifs is 1. The molecule has 0 bridgehead atoms. The second-order valence-corrected chi connectivity index (χ2v) is 7.38. The smallest absolute Gasteiger partial charge is 0.224 e. The molecule has 4 rings (SSSR count). The van der Waals surface area contributed by atoms with Gasteiger partial charge < -0.3 is 10.1 Å². The van der Waals surface area contributed by atoms with Crippen LogP contribution in [0.15, 0.2) is 60.8 Å². The number of carbonyl (C=O) groups excluding carboxylic acids is 1. The van der Waals surface area contributed by atoms with E-state index in [9.17, 15) is 4.79 Å². The Morgan fingerprint density at radius 1 is 1.14 bits per heavy atom. The molecule has 1 atom stereocenters. The summed E-state index contributed by atoms with van der Waals surface area (Å²) in [7, 11) is 0. The van der Waals surface area contributed by atoms with Crippen molar-refractivity contribution in [1.82, 2.24) is 15.1 Å². The van der Waals surface area contributed by atoms with Crippen LogP contribution in [0.25, 0.3) is 0 Å². The molecular formula is C22H22ClN3O2. The van der Waals surface area contributed by atoms with Gasteiger partial charge in [-0.05, 0) is 35.2 Å². The fraction of sp³-hybridized carbons (Fsp3) is 0.273. The van der Waals surface area contributed by atoms with Crippen LogP contribution in [0, 0.1) is 0 Å². The Balaban J connectivity index is 1.37. The number of benzene rings is 2. The van der Waals surface area contributed by atoms with E-state index < -0.39 is 0 Å². The van der Waals surface area contributed by atoms with Crippen LogP contribution in [0.2, 0.25) is 5.02 Å². The van der Waals surface area contributed by atoms with Crippen molar-refractivity contribution in [3.05, 3.63) is 88.2 Å². The van der Waals surface area contributed by atoms with Gasteiger partial charge in [0.1, 0.15) is 6.10 Å². The second kappa shape index (κ2) is 8.59. The molecule has 6 heteroatoms. The Morgan fingerprint density at radius 2 is 1.93 bits per heavy atom. The maximum atomic E-state index is 12.3. The van der Waals surface area contributed by atoms with Crippen molar-refractivity contribution in [2.45, 2.75) is 25.5 Å². The van der Waals surface area contributed by atoms with Gasteiger partial charge in [0.15, 0.2) is 0 Å². The van der Waals surface area contributed by atoms with E-state index in [1.807, 2.05) is 35.0 Å². The Hall–Kier alpha value is -2.63. The van der Waals surface area contributed by atoms with Gasteiger partial charge in [0, 0.05) is 17.8 Å². The highest BCUT2D eigenvalue weighted by Gasteiger charge is 2.25. The molecule has 28 heavy (non-hydrogen) atoms. The Bertz CT molecular complexity index is 938. The molecule has 1 unspecified atom stereocenters. The number of nitrogens with one attached hydrogen (secondary N) is 1. The molecule has 1 aliphatic heterocycles. The number of aromatic nitrogens is 2. The van der Waals surface area contributed by atoms with E-state index >= 15 is 0 Å². The fourth-order valence-electron chi connectivity index (χ4n) is 3.40. The van der Waals surface area contributed by atoms with Gasteiger partial charge >= 0.3 is 0 Å². The highest BCUT2D eigenvalue weighted by Crippen LogP contribution is 2.25. The summed E-state index contributed by atoms with van der Waals surface area (Å²) in [6.45, 7) is 1.78. The first kappa shape index (κ1) is 18.7. The first-order chi connectivity index (χ1) is 13.7. The molecule has 3 aromatic rings. The van der Waals surface area contributed by atoms with Gasteiger partial charge in [-0.3, -0.25) is 9.48 Å². The summed E-state index contributed by atoms with van der Waals surface area (Å²) in [5.41, 5.74) is 4.25. The number of amides is 1. The third-order valence-corrected chi connectivity index (χ3v) is 5.07. The van der Waals surface area contributed by atoms with Crippen LogP contribution in [-0.4, -0.2) is 28.8 Å². The topological polar surface area (TPSA) is 56.1 Å². The quantitative estimate of drug-likeness (QED) is 0.694. The van der Waals surface area contributed by atoms with Gasteiger partial charge in [0.25, 0.3) is 0 Å². The lowest BCUT2D eigenvalue weighted by molar-refractivity contribution is -0.121. The largest absolute Gasteiger partial charge is 0.370 e. The van der Waals surface area contributed by atoms with Gasteiger partial charge in [-0.15, -0.1) is 0 Å². The van der Waals surface area contributed by atoms with Crippen LogP contribution in [-0.2, 0) is 28.9 Å². The number of hydrogen-bond acceptors (Lipinski definition) is 3. The minimum atomic E-state index is -0.213. The minimum Gasteiger partial charge on any atom is -0.370 e. The summed E-state index contributed by atoms with van der Waals surface area (Å²) in [5, 5.41) is 8.36. The van der Waals surface area contributed by atoms with Crippen LogP contribution < -0.4 is 5.32 Å². The predicted molar refractivity (Wildman–Crippen MR) is 108 cm³/mol. The van der Waals surface area contributed by atoms with Crippen LogP contribution in [0.3, 0.4) is 0 Å². The maximum absolute atomic E-state index is 12.3. The average Bonchev–Trinajstić information content (AvgIpc) is 3.12. The summed E-state index contributed by atoms with van der Waals surface area (Å²) in [4.78, 5) is 12.3. The zero-order valence-electron chi connectivity index (χ0n) is 15.5. The van der Waals surface area contributed by atoms with E-state index in [0.29, 0.717) is 24.6 Å². The molecule has 2 aromatic carbocycles. The van der Waals surface area contributed by atoms with Gasteiger partial charge in [-0.2, -0.15) is 5.10 Å². The highest BCUT2D eigenvalue weighted by atomic mass is 35.5. The molecule has 0 spiro atoms. The first-order valence-corrected chi connectivity index (χ1v) is 9.78. The monoisotopic (exact) mass is 395 g/mol. The summed E-state index contributed by atoms with van der Waals surface area (Å²) >= 11 is 5.89. The second-order valence-electron chi connectivity index (χ2n) is 6.94. The Labute approximate surface area is 169 Å². The Morgan fingerprint density at radius 3 is 2.71 bits per heavy atom. The number of carbonyl (C=O) groups is 1. The van der Waals surface area contributed by atoms with E-state index in [1.54, 1.807) is 12.1 Å². The molecule has 1 N–H and O–H groups in total. The van der Waals surface area contributed by atoms with Crippen molar-refractivity contribution in [2.24, 2.45) is 0 Å². The van der Waals surface area contributed by atoms with Crippen LogP contribution >= 0.6 is 11.6 Å². The fourth-order valence-corrected chi connectivity index (χ4v) is 3.52. The van der Waals surface area contributed by atoms with Crippen molar-refractivity contribution in [1.29, 1.82) is 0 Å². The summed E-state index contributed by atoms with van der Waals surface area (Å²) in [6.07, 6.45) is 3.04. The molecule has 0 saturated carbocycles. The lowest BCUT2D eigenvalue weighted by atomic mass is 10.1. The third-order valence-electron chi connectivity index (χ3n) is 4.82. The lowest BCUT2D eigenvalue weighted by Gasteiger charge is -2.22. The van der Waals surface area contributed by atoms with E-state index in [-0.39, 0.29) is 12.0 Å². The van der Waals surface area contributed by atoms with Crippen molar-refractivity contribution < 1.29 is 9.53 Å². The summed E-state index contributed by atoms with van der Waals surface area (Å²) < 4.78 is 7.83. The number of nitrogens with zero attached hydrogens (tertiary/aromatic N) is 2. The van der Waals surface area contributed by atoms with Crippen molar-refractivity contribution in [3.8, 4) is 0 Å². The lowest BCUT2D eigenvalue weighted by Crippen LogP contribution is -2.32. The summed E-state index contributed by atoms with van der Waals surface area (Å²) in [5.74, 6) is -0.0400.